The van der Waals surface area contributed by atoms with E-state index in [1.54, 1.807) is 42.5 Å². The van der Waals surface area contributed by atoms with Crippen LogP contribution in [-0.2, 0) is 30.9 Å². The quantitative estimate of drug-likeness (QED) is 0.451. The van der Waals surface area contributed by atoms with Crippen molar-refractivity contribution in [3.63, 3.8) is 0 Å². The second-order valence-corrected chi connectivity index (χ2v) is 10.2. The number of para-hydroxylation sites is 2. The fourth-order valence-electron chi connectivity index (χ4n) is 3.86. The minimum absolute atomic E-state index is 0.0212. The molecule has 1 aliphatic rings. The molecule has 0 saturated heterocycles. The summed E-state index contributed by atoms with van der Waals surface area (Å²) in [7, 11) is -2.97. The molecule has 0 aliphatic carbocycles. The summed E-state index contributed by atoms with van der Waals surface area (Å²) in [4.78, 5) is 27.0. The van der Waals surface area contributed by atoms with Gasteiger partial charge in [-0.25, -0.2) is 17.6 Å². The predicted octanol–water partition coefficient (Wildman–Crippen LogP) is 3.29. The van der Waals surface area contributed by atoms with Gasteiger partial charge in [0.25, 0.3) is 0 Å². The van der Waals surface area contributed by atoms with Crippen molar-refractivity contribution in [3.05, 3.63) is 89.7 Å². The monoisotopic (exact) mass is 512 g/mol. The van der Waals surface area contributed by atoms with Crippen LogP contribution in [0.25, 0.3) is 0 Å². The lowest BCUT2D eigenvalue weighted by molar-refractivity contribution is -0.148. The van der Waals surface area contributed by atoms with Gasteiger partial charge >= 0.3 is 5.97 Å². The second-order valence-electron chi connectivity index (χ2n) is 8.28. The van der Waals surface area contributed by atoms with Crippen LogP contribution in [0.5, 0.6) is 5.75 Å². The molecule has 188 valence electrons. The number of hydrogen-bond donors (Lipinski definition) is 0. The van der Waals surface area contributed by atoms with Crippen molar-refractivity contribution in [2.45, 2.75) is 24.5 Å². The van der Waals surface area contributed by atoms with Gasteiger partial charge in [0.15, 0.2) is 0 Å². The van der Waals surface area contributed by atoms with Gasteiger partial charge in [0.1, 0.15) is 11.6 Å². The van der Waals surface area contributed by atoms with Crippen LogP contribution >= 0.6 is 0 Å². The van der Waals surface area contributed by atoms with E-state index < -0.39 is 40.4 Å². The van der Waals surface area contributed by atoms with Gasteiger partial charge in [0.2, 0.25) is 22.0 Å². The average molecular weight is 513 g/mol. The number of methoxy groups -OCH3 is 1. The molecule has 3 aromatic carbocycles. The molecule has 0 aromatic heterocycles. The second kappa shape index (κ2) is 10.5. The summed E-state index contributed by atoms with van der Waals surface area (Å²) in [6.45, 7) is 0.707. The largest absolute Gasteiger partial charge is 0.475 e. The number of halogens is 1. The number of ether oxygens (including phenoxy) is 2. The SMILES string of the molecule is COC(=O)[C@H]1CN(C(=O)CN(Cc2ccccc2F)S(=O)(=O)c2ccc(C)cc2)c2ccccc2O1. The fraction of sp³-hybridized carbons (Fsp3) is 0.231. The Labute approximate surface area is 208 Å². The maximum atomic E-state index is 14.5. The zero-order chi connectivity index (χ0) is 25.9. The molecule has 1 atom stereocenters. The summed E-state index contributed by atoms with van der Waals surface area (Å²) in [5.74, 6) is -1.57. The highest BCUT2D eigenvalue weighted by molar-refractivity contribution is 7.89. The molecule has 0 saturated carbocycles. The van der Waals surface area contributed by atoms with Crippen LogP contribution in [0, 0.1) is 12.7 Å². The van der Waals surface area contributed by atoms with Gasteiger partial charge in [-0.15, -0.1) is 0 Å². The maximum Gasteiger partial charge on any atom is 0.348 e. The smallest absolute Gasteiger partial charge is 0.348 e. The molecule has 0 N–H and O–H groups in total. The van der Waals surface area contributed by atoms with Crippen molar-refractivity contribution in [1.29, 1.82) is 0 Å². The number of hydrogen-bond acceptors (Lipinski definition) is 6. The van der Waals surface area contributed by atoms with Crippen molar-refractivity contribution in [1.82, 2.24) is 4.31 Å². The van der Waals surface area contributed by atoms with Crippen LogP contribution in [0.15, 0.2) is 77.7 Å². The Morgan fingerprint density at radius 3 is 2.42 bits per heavy atom. The molecule has 1 heterocycles. The molecule has 3 aromatic rings. The first-order valence-corrected chi connectivity index (χ1v) is 12.6. The standard InChI is InChI=1S/C26H25FN2O6S/c1-18-11-13-20(14-12-18)36(32,33)28(15-19-7-3-4-8-21(19)27)17-25(30)29-16-24(26(31)34-2)35-23-10-6-5-9-22(23)29/h3-14,24H,15-17H2,1-2H3/t24-/m1/s1. The number of benzene rings is 3. The highest BCUT2D eigenvalue weighted by atomic mass is 32.2. The van der Waals surface area contributed by atoms with E-state index >= 15 is 0 Å². The van der Waals surface area contributed by atoms with E-state index in [0.29, 0.717) is 5.69 Å². The topological polar surface area (TPSA) is 93.2 Å². The van der Waals surface area contributed by atoms with E-state index in [1.807, 2.05) is 6.92 Å². The van der Waals surface area contributed by atoms with E-state index in [1.165, 1.54) is 42.3 Å². The molecule has 1 amide bonds. The van der Waals surface area contributed by atoms with Gasteiger partial charge in [0.05, 0.1) is 30.8 Å². The first-order chi connectivity index (χ1) is 17.2. The van der Waals surface area contributed by atoms with Crippen molar-refractivity contribution in [2.24, 2.45) is 0 Å². The Bertz CT molecular complexity index is 1380. The van der Waals surface area contributed by atoms with Gasteiger partial charge < -0.3 is 14.4 Å². The summed E-state index contributed by atoms with van der Waals surface area (Å²) in [5.41, 5.74) is 1.38. The fourth-order valence-corrected chi connectivity index (χ4v) is 5.23. The number of esters is 1. The number of carbonyl (C=O) groups is 2. The normalized spacial score (nSPS) is 15.2. The third kappa shape index (κ3) is 5.24. The lowest BCUT2D eigenvalue weighted by Gasteiger charge is -2.34. The van der Waals surface area contributed by atoms with Crippen molar-refractivity contribution >= 4 is 27.6 Å². The molecule has 1 aliphatic heterocycles. The minimum atomic E-state index is -4.18. The predicted molar refractivity (Wildman–Crippen MR) is 130 cm³/mol. The summed E-state index contributed by atoms with van der Waals surface area (Å²) < 4.78 is 53.0. The average Bonchev–Trinajstić information content (AvgIpc) is 2.88. The number of aryl methyl sites for hydroxylation is 1. The van der Waals surface area contributed by atoms with Gasteiger partial charge in [-0.05, 0) is 37.3 Å². The molecule has 0 unspecified atom stereocenters. The molecule has 0 radical (unpaired) electrons. The summed E-state index contributed by atoms with van der Waals surface area (Å²) >= 11 is 0. The number of carbonyl (C=O) groups excluding carboxylic acids is 2. The van der Waals surface area contributed by atoms with Gasteiger partial charge in [-0.3, -0.25) is 4.79 Å². The Balaban J connectivity index is 1.70. The zero-order valence-corrected chi connectivity index (χ0v) is 20.6. The van der Waals surface area contributed by atoms with Gasteiger partial charge in [-0.2, -0.15) is 4.31 Å². The molecule has 10 heteroatoms. The molecule has 36 heavy (non-hydrogen) atoms. The van der Waals surface area contributed by atoms with Gasteiger partial charge in [-0.1, -0.05) is 48.0 Å². The molecule has 0 fully saturated rings. The van der Waals surface area contributed by atoms with Crippen LogP contribution < -0.4 is 9.64 Å². The molecule has 0 bridgehead atoms. The molecular weight excluding hydrogens is 487 g/mol. The number of nitrogens with zero attached hydrogens (tertiary/aromatic N) is 2. The Kier molecular flexibility index (Phi) is 7.37. The summed E-state index contributed by atoms with van der Waals surface area (Å²) in [5, 5.41) is 0. The number of amides is 1. The number of anilines is 1. The highest BCUT2D eigenvalue weighted by Crippen LogP contribution is 2.34. The first kappa shape index (κ1) is 25.3. The Morgan fingerprint density at radius 1 is 1.06 bits per heavy atom. The lowest BCUT2D eigenvalue weighted by atomic mass is 10.1. The van der Waals surface area contributed by atoms with E-state index in [2.05, 4.69) is 0 Å². The van der Waals surface area contributed by atoms with Gasteiger partial charge in [0, 0.05) is 12.1 Å². The van der Waals surface area contributed by atoms with Crippen molar-refractivity contribution < 1.29 is 31.9 Å². The summed E-state index contributed by atoms with van der Waals surface area (Å²) in [6.07, 6.45) is -1.08. The van der Waals surface area contributed by atoms with Crippen molar-refractivity contribution in [2.75, 3.05) is 25.1 Å². The van der Waals surface area contributed by atoms with E-state index in [9.17, 15) is 22.4 Å². The van der Waals surface area contributed by atoms with Crippen LogP contribution in [-0.4, -0.2) is 50.9 Å². The van der Waals surface area contributed by atoms with E-state index in [-0.39, 0.29) is 29.3 Å². The van der Waals surface area contributed by atoms with Crippen LogP contribution in [0.1, 0.15) is 11.1 Å². The van der Waals surface area contributed by atoms with Crippen LogP contribution in [0.2, 0.25) is 0 Å². The highest BCUT2D eigenvalue weighted by Gasteiger charge is 2.36. The third-order valence-corrected chi connectivity index (χ3v) is 7.62. The first-order valence-electron chi connectivity index (χ1n) is 11.1. The minimum Gasteiger partial charge on any atom is -0.475 e. The molecule has 8 nitrogen and oxygen atoms in total. The van der Waals surface area contributed by atoms with Crippen LogP contribution in [0.3, 0.4) is 0 Å². The third-order valence-electron chi connectivity index (χ3n) is 5.81. The number of sulfonamides is 1. The Hall–Kier alpha value is -3.76. The molecule has 0 spiro atoms. The van der Waals surface area contributed by atoms with E-state index in [0.717, 1.165) is 9.87 Å². The maximum absolute atomic E-state index is 14.5. The summed E-state index contributed by atoms with van der Waals surface area (Å²) in [6, 6.07) is 18.6. The molecular formula is C26H25FN2O6S. The van der Waals surface area contributed by atoms with E-state index in [4.69, 9.17) is 9.47 Å². The molecule has 4 rings (SSSR count). The van der Waals surface area contributed by atoms with Crippen molar-refractivity contribution in [3.8, 4) is 5.75 Å². The zero-order valence-electron chi connectivity index (χ0n) is 19.8. The Morgan fingerprint density at radius 2 is 1.72 bits per heavy atom. The number of rotatable bonds is 7. The lowest BCUT2D eigenvalue weighted by Crippen LogP contribution is -2.50. The number of fused-ring (bicyclic) bond motifs is 1. The van der Waals surface area contributed by atoms with Crippen LogP contribution in [0.4, 0.5) is 10.1 Å².